The molecule has 1 aromatic carbocycles. The molecular weight excluding hydrogens is 426 g/mol. The Morgan fingerprint density at radius 3 is 2.96 bits per heavy atom. The van der Waals surface area contributed by atoms with E-state index < -0.39 is 0 Å². The van der Waals surface area contributed by atoms with Crippen LogP contribution in [0.4, 0.5) is 4.39 Å². The Labute approximate surface area is 158 Å². The van der Waals surface area contributed by atoms with Gasteiger partial charge in [0.25, 0.3) is 0 Å². The molecule has 1 aliphatic rings. The number of thioether (sulfide) groups is 1. The van der Waals surface area contributed by atoms with E-state index in [0.717, 1.165) is 31.2 Å². The minimum Gasteiger partial charge on any atom is -0.352 e. The Morgan fingerprint density at radius 1 is 1.57 bits per heavy atom. The molecule has 0 aliphatic carbocycles. The summed E-state index contributed by atoms with van der Waals surface area (Å²) in [5.41, 5.74) is 0.878. The zero-order valence-electron chi connectivity index (χ0n) is 13.4. The van der Waals surface area contributed by atoms with Crippen LogP contribution in [0, 0.1) is 17.1 Å². The topological polar surface area (TPSA) is 51.4 Å². The number of nitriles is 1. The molecule has 0 radical (unpaired) electrons. The van der Waals surface area contributed by atoms with Crippen LogP contribution in [0.2, 0.25) is 0 Å². The van der Waals surface area contributed by atoms with Crippen molar-refractivity contribution in [1.82, 2.24) is 10.2 Å². The lowest BCUT2D eigenvalue weighted by Gasteiger charge is -2.34. The van der Waals surface area contributed by atoms with E-state index in [1.807, 2.05) is 17.8 Å². The number of halogens is 2. The second-order valence-corrected chi connectivity index (χ2v) is 6.57. The van der Waals surface area contributed by atoms with Crippen molar-refractivity contribution < 1.29 is 4.39 Å². The third-order valence-electron chi connectivity index (χ3n) is 3.72. The summed E-state index contributed by atoms with van der Waals surface area (Å²) in [5, 5.41) is 12.6. The number of hydrogen-bond acceptors (Lipinski definition) is 3. The van der Waals surface area contributed by atoms with Crippen molar-refractivity contribution in [2.24, 2.45) is 4.99 Å². The van der Waals surface area contributed by atoms with Crippen molar-refractivity contribution in [3.8, 4) is 6.07 Å². The Kier molecular flexibility index (Phi) is 8.69. The summed E-state index contributed by atoms with van der Waals surface area (Å²) in [6, 6.07) is 6.49. The first-order valence-corrected chi connectivity index (χ1v) is 8.48. The molecule has 0 bridgehead atoms. The van der Waals surface area contributed by atoms with E-state index in [4.69, 9.17) is 5.26 Å². The molecule has 1 fully saturated rings. The van der Waals surface area contributed by atoms with E-state index in [1.165, 1.54) is 6.07 Å². The maximum Gasteiger partial charge on any atom is 0.193 e. The molecule has 1 N–H and O–H groups in total. The van der Waals surface area contributed by atoms with E-state index >= 15 is 0 Å². The fourth-order valence-corrected chi connectivity index (χ4v) is 3.61. The first kappa shape index (κ1) is 20.0. The van der Waals surface area contributed by atoms with Crippen LogP contribution in [0.3, 0.4) is 0 Å². The second kappa shape index (κ2) is 9.98. The summed E-state index contributed by atoms with van der Waals surface area (Å²) in [4.78, 5) is 6.53. The van der Waals surface area contributed by atoms with Gasteiger partial charge in [0.1, 0.15) is 5.82 Å². The molecule has 1 aliphatic heterocycles. The third-order valence-corrected chi connectivity index (χ3v) is 5.10. The van der Waals surface area contributed by atoms with Gasteiger partial charge in [0.05, 0.1) is 11.6 Å². The maximum atomic E-state index is 13.9. The van der Waals surface area contributed by atoms with Gasteiger partial charge in [0, 0.05) is 43.2 Å². The van der Waals surface area contributed by atoms with Crippen LogP contribution in [-0.2, 0) is 6.54 Å². The molecule has 126 valence electrons. The van der Waals surface area contributed by atoms with Crippen molar-refractivity contribution in [3.05, 3.63) is 35.1 Å². The van der Waals surface area contributed by atoms with Crippen molar-refractivity contribution in [2.75, 3.05) is 25.9 Å². The Morgan fingerprint density at radius 2 is 2.35 bits per heavy atom. The number of benzene rings is 1. The molecule has 2 rings (SSSR count). The van der Waals surface area contributed by atoms with E-state index in [1.54, 1.807) is 19.2 Å². The minimum atomic E-state index is -0.359. The molecule has 0 aromatic heterocycles. The summed E-state index contributed by atoms with van der Waals surface area (Å²) in [5.74, 6) is 1.54. The molecule has 1 atom stereocenters. The molecule has 1 aromatic rings. The predicted molar refractivity (Wildman–Crippen MR) is 105 cm³/mol. The standard InChI is InChI=1S/C16H21FN4S.HI/c1-3-14-11-21(6-7-22-14)16(19-2)20-10-13-5-4-12(9-18)8-15(13)17;/h4-5,8,14H,3,6-7,10-11H2,1-2H3,(H,19,20);1H. The van der Waals surface area contributed by atoms with E-state index in [-0.39, 0.29) is 29.8 Å². The van der Waals surface area contributed by atoms with E-state index in [2.05, 4.69) is 22.1 Å². The van der Waals surface area contributed by atoms with Crippen LogP contribution in [0.5, 0.6) is 0 Å². The largest absolute Gasteiger partial charge is 0.352 e. The fourth-order valence-electron chi connectivity index (χ4n) is 2.43. The SMILES string of the molecule is CCC1CN(C(=NC)NCc2ccc(C#N)cc2F)CCS1.I. The second-order valence-electron chi connectivity index (χ2n) is 5.17. The van der Waals surface area contributed by atoms with Crippen molar-refractivity contribution in [1.29, 1.82) is 5.26 Å². The molecule has 1 saturated heterocycles. The van der Waals surface area contributed by atoms with Gasteiger partial charge in [0.2, 0.25) is 0 Å². The number of rotatable bonds is 3. The number of hydrogen-bond donors (Lipinski definition) is 1. The average molecular weight is 448 g/mol. The first-order valence-electron chi connectivity index (χ1n) is 7.43. The summed E-state index contributed by atoms with van der Waals surface area (Å²) >= 11 is 2.00. The molecule has 4 nitrogen and oxygen atoms in total. The Balaban J connectivity index is 0.00000264. The van der Waals surface area contributed by atoms with Gasteiger partial charge in [0.15, 0.2) is 5.96 Å². The third kappa shape index (κ3) is 5.53. The van der Waals surface area contributed by atoms with Gasteiger partial charge in [-0.05, 0) is 18.6 Å². The van der Waals surface area contributed by atoms with Gasteiger partial charge >= 0.3 is 0 Å². The van der Waals surface area contributed by atoms with Gasteiger partial charge in [-0.25, -0.2) is 4.39 Å². The molecule has 7 heteroatoms. The predicted octanol–water partition coefficient (Wildman–Crippen LogP) is 3.22. The smallest absolute Gasteiger partial charge is 0.193 e. The van der Waals surface area contributed by atoms with E-state index in [9.17, 15) is 4.39 Å². The summed E-state index contributed by atoms with van der Waals surface area (Å²) in [6.07, 6.45) is 1.14. The first-order chi connectivity index (χ1) is 10.7. The van der Waals surface area contributed by atoms with E-state index in [0.29, 0.717) is 22.9 Å². The van der Waals surface area contributed by atoms with Crippen LogP contribution < -0.4 is 5.32 Å². The highest BCUT2D eigenvalue weighted by Crippen LogP contribution is 2.21. The zero-order valence-corrected chi connectivity index (χ0v) is 16.5. The van der Waals surface area contributed by atoms with Crippen molar-refractivity contribution >= 4 is 41.7 Å². The molecule has 1 unspecified atom stereocenters. The highest BCUT2D eigenvalue weighted by Gasteiger charge is 2.21. The van der Waals surface area contributed by atoms with Gasteiger partial charge in [-0.15, -0.1) is 24.0 Å². The highest BCUT2D eigenvalue weighted by molar-refractivity contribution is 14.0. The summed E-state index contributed by atoms with van der Waals surface area (Å²) < 4.78 is 13.9. The van der Waals surface area contributed by atoms with Crippen LogP contribution >= 0.6 is 35.7 Å². The average Bonchev–Trinajstić information content (AvgIpc) is 2.56. The monoisotopic (exact) mass is 448 g/mol. The van der Waals surface area contributed by atoms with Crippen LogP contribution in [0.15, 0.2) is 23.2 Å². The number of guanidine groups is 1. The Hall–Kier alpha value is -1.01. The number of nitrogens with zero attached hydrogens (tertiary/aromatic N) is 3. The van der Waals surface area contributed by atoms with Gasteiger partial charge in [-0.2, -0.15) is 17.0 Å². The minimum absolute atomic E-state index is 0. The quantitative estimate of drug-likeness (QED) is 0.439. The molecule has 0 amide bonds. The molecule has 23 heavy (non-hydrogen) atoms. The molecule has 0 saturated carbocycles. The van der Waals surface area contributed by atoms with Gasteiger partial charge in [-0.1, -0.05) is 13.0 Å². The Bertz CT molecular complexity index is 588. The van der Waals surface area contributed by atoms with Gasteiger partial charge in [-0.3, -0.25) is 4.99 Å². The van der Waals surface area contributed by atoms with Gasteiger partial charge < -0.3 is 10.2 Å². The lowest BCUT2D eigenvalue weighted by molar-refractivity contribution is 0.407. The summed E-state index contributed by atoms with van der Waals surface area (Å²) in [6.45, 7) is 4.49. The van der Waals surface area contributed by atoms with Crippen LogP contribution in [0.1, 0.15) is 24.5 Å². The van der Waals surface area contributed by atoms with Crippen LogP contribution in [0.25, 0.3) is 0 Å². The van der Waals surface area contributed by atoms with Crippen molar-refractivity contribution in [2.45, 2.75) is 25.1 Å². The highest BCUT2D eigenvalue weighted by atomic mass is 127. The molecule has 0 spiro atoms. The van der Waals surface area contributed by atoms with Crippen molar-refractivity contribution in [3.63, 3.8) is 0 Å². The fraction of sp³-hybridized carbons (Fsp3) is 0.500. The maximum absolute atomic E-state index is 13.9. The number of nitrogens with one attached hydrogen (secondary N) is 1. The molecular formula is C16H22FIN4S. The normalized spacial score (nSPS) is 18.1. The lowest BCUT2D eigenvalue weighted by Crippen LogP contribution is -2.47. The lowest BCUT2D eigenvalue weighted by atomic mass is 10.1. The molecule has 1 heterocycles. The zero-order chi connectivity index (χ0) is 15.9. The van der Waals surface area contributed by atoms with Crippen LogP contribution in [-0.4, -0.2) is 42.0 Å². The summed E-state index contributed by atoms with van der Waals surface area (Å²) in [7, 11) is 1.75. The number of aliphatic imine (C=N–C) groups is 1.